The minimum absolute atomic E-state index is 0.0280. The second kappa shape index (κ2) is 4.77. The lowest BCUT2D eigenvalue weighted by atomic mass is 10.2. The lowest BCUT2D eigenvalue weighted by molar-refractivity contribution is -0.124. The number of hydrogen-bond acceptors (Lipinski definition) is 4. The number of aliphatic hydroxyl groups is 1. The maximum absolute atomic E-state index is 11.6. The Bertz CT molecular complexity index is 746. The van der Waals surface area contributed by atoms with E-state index in [4.69, 9.17) is 11.6 Å². The highest BCUT2D eigenvalue weighted by atomic mass is 35.5. The first-order chi connectivity index (χ1) is 9.56. The molecular formula is C14H8ClNO3S. The van der Waals surface area contributed by atoms with E-state index < -0.39 is 17.6 Å². The molecule has 0 atom stereocenters. The Balaban J connectivity index is 2.01. The molecular weight excluding hydrogens is 298 g/mol. The molecule has 1 aliphatic heterocycles. The van der Waals surface area contributed by atoms with Gasteiger partial charge in [0.25, 0.3) is 11.8 Å². The lowest BCUT2D eigenvalue weighted by Gasteiger charge is -1.97. The lowest BCUT2D eigenvalue weighted by Crippen LogP contribution is -2.22. The minimum atomic E-state index is -0.758. The van der Waals surface area contributed by atoms with Crippen molar-refractivity contribution >= 4 is 40.3 Å². The smallest absolute Gasteiger partial charge is 0.293 e. The van der Waals surface area contributed by atoms with Crippen LogP contribution < -0.4 is 5.32 Å². The summed E-state index contributed by atoms with van der Waals surface area (Å²) in [6, 6.07) is 10.8. The zero-order valence-electron chi connectivity index (χ0n) is 10.0. The van der Waals surface area contributed by atoms with Gasteiger partial charge in [0.15, 0.2) is 5.76 Å². The third-order valence-corrected chi connectivity index (χ3v) is 4.29. The van der Waals surface area contributed by atoms with Gasteiger partial charge in [-0.15, -0.1) is 11.3 Å². The van der Waals surface area contributed by atoms with Gasteiger partial charge in [-0.2, -0.15) is 0 Å². The number of hydrogen-bond donors (Lipinski definition) is 2. The molecule has 0 saturated heterocycles. The topological polar surface area (TPSA) is 66.4 Å². The quantitative estimate of drug-likeness (QED) is 0.838. The molecule has 0 saturated carbocycles. The highest BCUT2D eigenvalue weighted by Crippen LogP contribution is 2.34. The van der Waals surface area contributed by atoms with Crippen molar-refractivity contribution < 1.29 is 14.7 Å². The summed E-state index contributed by atoms with van der Waals surface area (Å²) >= 11 is 7.16. The zero-order chi connectivity index (χ0) is 14.3. The molecule has 4 nitrogen and oxygen atoms in total. The fourth-order valence-electron chi connectivity index (χ4n) is 1.92. The van der Waals surface area contributed by atoms with E-state index in [1.807, 2.05) is 18.2 Å². The van der Waals surface area contributed by atoms with E-state index in [9.17, 15) is 14.7 Å². The van der Waals surface area contributed by atoms with Crippen LogP contribution in [0.1, 0.15) is 4.88 Å². The van der Waals surface area contributed by atoms with E-state index in [0.29, 0.717) is 9.90 Å². The van der Waals surface area contributed by atoms with Crippen LogP contribution in [0.15, 0.2) is 42.2 Å². The molecule has 0 fully saturated rings. The average Bonchev–Trinajstić information content (AvgIpc) is 2.97. The number of rotatable bonds is 2. The number of thiophene rings is 1. The molecule has 3 rings (SSSR count). The van der Waals surface area contributed by atoms with Crippen molar-refractivity contribution in [3.8, 4) is 10.4 Å². The van der Waals surface area contributed by atoms with Gasteiger partial charge >= 0.3 is 0 Å². The third kappa shape index (κ3) is 2.11. The zero-order valence-corrected chi connectivity index (χ0v) is 11.6. The number of amides is 2. The van der Waals surface area contributed by atoms with E-state index in [2.05, 4.69) is 5.32 Å². The Morgan fingerprint density at radius 1 is 0.950 bits per heavy atom. The monoisotopic (exact) mass is 305 g/mol. The van der Waals surface area contributed by atoms with Crippen LogP contribution in [0.25, 0.3) is 16.0 Å². The molecule has 0 spiro atoms. The van der Waals surface area contributed by atoms with Gasteiger partial charge in [-0.1, -0.05) is 23.7 Å². The summed E-state index contributed by atoms with van der Waals surface area (Å²) in [5.41, 5.74) is 0.982. The molecule has 20 heavy (non-hydrogen) atoms. The van der Waals surface area contributed by atoms with Crippen LogP contribution in [0, 0.1) is 0 Å². The average molecular weight is 306 g/mol. The van der Waals surface area contributed by atoms with Crippen molar-refractivity contribution in [2.45, 2.75) is 0 Å². The summed E-state index contributed by atoms with van der Waals surface area (Å²) < 4.78 is 0. The van der Waals surface area contributed by atoms with E-state index in [-0.39, 0.29) is 5.57 Å². The Morgan fingerprint density at radius 2 is 1.60 bits per heavy atom. The second-order valence-corrected chi connectivity index (χ2v) is 5.70. The first-order valence-electron chi connectivity index (χ1n) is 5.71. The van der Waals surface area contributed by atoms with Gasteiger partial charge in [-0.3, -0.25) is 14.9 Å². The van der Waals surface area contributed by atoms with Gasteiger partial charge in [0.05, 0.1) is 0 Å². The largest absolute Gasteiger partial charge is 0.502 e. The Labute approximate surface area is 123 Å². The molecule has 2 N–H and O–H groups in total. The van der Waals surface area contributed by atoms with Crippen molar-refractivity contribution in [3.63, 3.8) is 0 Å². The summed E-state index contributed by atoms with van der Waals surface area (Å²) in [5.74, 6) is -1.86. The van der Waals surface area contributed by atoms with E-state index >= 15 is 0 Å². The van der Waals surface area contributed by atoms with Crippen molar-refractivity contribution in [1.82, 2.24) is 5.32 Å². The summed E-state index contributed by atoms with van der Waals surface area (Å²) in [5, 5.41) is 12.3. The number of nitrogens with one attached hydrogen (secondary N) is 1. The molecule has 2 aromatic rings. The molecule has 6 heteroatoms. The maximum atomic E-state index is 11.6. The predicted octanol–water partition coefficient (Wildman–Crippen LogP) is 2.99. The van der Waals surface area contributed by atoms with Crippen molar-refractivity contribution in [2.75, 3.05) is 0 Å². The molecule has 0 unspecified atom stereocenters. The number of benzene rings is 1. The van der Waals surface area contributed by atoms with Gasteiger partial charge in [0, 0.05) is 14.8 Å². The van der Waals surface area contributed by atoms with Crippen LogP contribution in [0.4, 0.5) is 0 Å². The van der Waals surface area contributed by atoms with Crippen LogP contribution in [0.3, 0.4) is 0 Å². The SMILES string of the molecule is O=C1NC(=O)C(c2ccc(-c3ccc(Cl)cc3)s2)=C1O. The Hall–Kier alpha value is -2.11. The van der Waals surface area contributed by atoms with E-state index in [1.54, 1.807) is 18.2 Å². The summed E-state index contributed by atoms with van der Waals surface area (Å²) in [4.78, 5) is 24.3. The number of carbonyl (C=O) groups excluding carboxylic acids is 2. The van der Waals surface area contributed by atoms with E-state index in [1.165, 1.54) is 11.3 Å². The predicted molar refractivity (Wildman–Crippen MR) is 77.5 cm³/mol. The van der Waals surface area contributed by atoms with Crippen molar-refractivity contribution in [2.24, 2.45) is 0 Å². The maximum Gasteiger partial charge on any atom is 0.293 e. The first kappa shape index (κ1) is 12.9. The van der Waals surface area contributed by atoms with Crippen LogP contribution in [-0.4, -0.2) is 16.9 Å². The van der Waals surface area contributed by atoms with Gasteiger partial charge < -0.3 is 5.11 Å². The van der Waals surface area contributed by atoms with Gasteiger partial charge in [0.2, 0.25) is 0 Å². The van der Waals surface area contributed by atoms with E-state index in [0.717, 1.165) is 10.4 Å². The second-order valence-electron chi connectivity index (χ2n) is 4.18. The van der Waals surface area contributed by atoms with Crippen LogP contribution in [0.2, 0.25) is 5.02 Å². The standard InChI is InChI=1S/C14H8ClNO3S/c15-8-3-1-7(2-4-8)9-5-6-10(20-9)11-12(17)14(19)16-13(11)18/h1-6H,(H2,16,17,18,19). The molecule has 1 aromatic heterocycles. The van der Waals surface area contributed by atoms with Crippen LogP contribution in [-0.2, 0) is 9.59 Å². The normalized spacial score (nSPS) is 14.8. The third-order valence-electron chi connectivity index (χ3n) is 2.89. The number of aliphatic hydroxyl groups excluding tert-OH is 1. The molecule has 2 heterocycles. The minimum Gasteiger partial charge on any atom is -0.502 e. The number of imide groups is 1. The van der Waals surface area contributed by atoms with Crippen molar-refractivity contribution in [1.29, 1.82) is 0 Å². The molecule has 1 aromatic carbocycles. The van der Waals surface area contributed by atoms with Crippen LogP contribution >= 0.6 is 22.9 Å². The Kier molecular flexibility index (Phi) is 3.08. The number of halogens is 1. The molecule has 1 aliphatic rings. The molecule has 100 valence electrons. The Morgan fingerprint density at radius 3 is 2.20 bits per heavy atom. The van der Waals surface area contributed by atoms with Crippen molar-refractivity contribution in [3.05, 3.63) is 52.1 Å². The van der Waals surface area contributed by atoms with Gasteiger partial charge in [-0.05, 0) is 29.8 Å². The molecule has 0 aliphatic carbocycles. The summed E-state index contributed by atoms with van der Waals surface area (Å²) in [6.07, 6.45) is 0. The highest BCUT2D eigenvalue weighted by Gasteiger charge is 2.32. The molecule has 2 amide bonds. The van der Waals surface area contributed by atoms with Gasteiger partial charge in [-0.25, -0.2) is 0 Å². The van der Waals surface area contributed by atoms with Gasteiger partial charge in [0.1, 0.15) is 5.57 Å². The fraction of sp³-hybridized carbons (Fsp3) is 0. The molecule has 0 radical (unpaired) electrons. The summed E-state index contributed by atoms with van der Waals surface area (Å²) in [7, 11) is 0. The fourth-order valence-corrected chi connectivity index (χ4v) is 3.10. The summed E-state index contributed by atoms with van der Waals surface area (Å²) in [6.45, 7) is 0. The molecule has 0 bridgehead atoms. The number of carbonyl (C=O) groups is 2. The van der Waals surface area contributed by atoms with Crippen LogP contribution in [0.5, 0.6) is 0 Å². The highest BCUT2D eigenvalue weighted by molar-refractivity contribution is 7.17. The first-order valence-corrected chi connectivity index (χ1v) is 6.91.